The van der Waals surface area contributed by atoms with Crippen LogP contribution < -0.4 is 10.9 Å². The standard InChI is InChI=1S/C14H16FN3/c15-11-4-2-10(3-5-11)14-12-7-9(8-16)1-6-13(12)17-18-14/h2-5,9,12-14,17-18H,1,6-7H2. The summed E-state index contributed by atoms with van der Waals surface area (Å²) in [5, 5.41) is 9.06. The fourth-order valence-corrected chi connectivity index (χ4v) is 3.17. The zero-order valence-corrected chi connectivity index (χ0v) is 10.1. The predicted octanol–water partition coefficient (Wildman–Crippen LogP) is 2.28. The van der Waals surface area contributed by atoms with Gasteiger partial charge in [-0.05, 0) is 42.9 Å². The second-order valence-electron chi connectivity index (χ2n) is 5.23. The van der Waals surface area contributed by atoms with Crippen molar-refractivity contribution in [2.24, 2.45) is 11.8 Å². The highest BCUT2D eigenvalue weighted by Gasteiger charge is 2.40. The minimum Gasteiger partial charge on any atom is -0.254 e. The Morgan fingerprint density at radius 1 is 1.17 bits per heavy atom. The van der Waals surface area contributed by atoms with E-state index in [0.717, 1.165) is 24.8 Å². The average Bonchev–Trinajstić information content (AvgIpc) is 2.82. The fraction of sp³-hybridized carbons (Fsp3) is 0.500. The minimum atomic E-state index is -0.209. The molecule has 2 aliphatic rings. The Balaban J connectivity index is 1.81. The minimum absolute atomic E-state index is 0.163. The van der Waals surface area contributed by atoms with Gasteiger partial charge in [0.15, 0.2) is 0 Å². The molecule has 0 aromatic heterocycles. The van der Waals surface area contributed by atoms with Crippen LogP contribution in [-0.2, 0) is 0 Å². The molecule has 4 heteroatoms. The first-order chi connectivity index (χ1) is 8.78. The highest BCUT2D eigenvalue weighted by Crippen LogP contribution is 2.39. The third-order valence-electron chi connectivity index (χ3n) is 4.16. The highest BCUT2D eigenvalue weighted by atomic mass is 19.1. The zero-order valence-electron chi connectivity index (χ0n) is 10.1. The van der Waals surface area contributed by atoms with Gasteiger partial charge in [0.05, 0.1) is 12.1 Å². The van der Waals surface area contributed by atoms with Crippen molar-refractivity contribution >= 4 is 0 Å². The maximum atomic E-state index is 12.9. The molecule has 1 aliphatic carbocycles. The molecule has 4 atom stereocenters. The summed E-state index contributed by atoms with van der Waals surface area (Å²) in [6.07, 6.45) is 2.93. The molecule has 3 rings (SSSR count). The lowest BCUT2D eigenvalue weighted by atomic mass is 9.75. The largest absolute Gasteiger partial charge is 0.254 e. The summed E-state index contributed by atoms with van der Waals surface area (Å²) in [6.45, 7) is 0. The van der Waals surface area contributed by atoms with Crippen LogP contribution in [0.5, 0.6) is 0 Å². The monoisotopic (exact) mass is 245 g/mol. The molecular formula is C14H16FN3. The second kappa shape index (κ2) is 4.68. The summed E-state index contributed by atoms with van der Waals surface area (Å²) in [6, 6.07) is 9.65. The van der Waals surface area contributed by atoms with Crippen LogP contribution in [0.4, 0.5) is 4.39 Å². The first kappa shape index (κ1) is 11.6. The molecule has 0 amide bonds. The summed E-state index contributed by atoms with van der Waals surface area (Å²) in [5.41, 5.74) is 7.70. The van der Waals surface area contributed by atoms with E-state index in [1.807, 2.05) is 12.1 Å². The molecule has 1 heterocycles. The summed E-state index contributed by atoms with van der Waals surface area (Å²) >= 11 is 0. The first-order valence-corrected chi connectivity index (χ1v) is 6.44. The van der Waals surface area contributed by atoms with Crippen molar-refractivity contribution in [3.8, 4) is 6.07 Å². The van der Waals surface area contributed by atoms with Crippen LogP contribution in [0.25, 0.3) is 0 Å². The van der Waals surface area contributed by atoms with Crippen LogP contribution in [0, 0.1) is 29.0 Å². The van der Waals surface area contributed by atoms with E-state index in [1.165, 1.54) is 12.1 Å². The van der Waals surface area contributed by atoms with E-state index in [9.17, 15) is 4.39 Å². The molecule has 1 aromatic carbocycles. The van der Waals surface area contributed by atoms with Gasteiger partial charge in [-0.15, -0.1) is 0 Å². The van der Waals surface area contributed by atoms with E-state index < -0.39 is 0 Å². The van der Waals surface area contributed by atoms with Gasteiger partial charge in [-0.1, -0.05) is 12.1 Å². The van der Waals surface area contributed by atoms with E-state index in [2.05, 4.69) is 16.9 Å². The van der Waals surface area contributed by atoms with Crippen molar-refractivity contribution < 1.29 is 4.39 Å². The molecule has 4 unspecified atom stereocenters. The number of nitriles is 1. The van der Waals surface area contributed by atoms with E-state index >= 15 is 0 Å². The van der Waals surface area contributed by atoms with Crippen molar-refractivity contribution in [3.05, 3.63) is 35.6 Å². The van der Waals surface area contributed by atoms with Gasteiger partial charge in [0.1, 0.15) is 5.82 Å². The topological polar surface area (TPSA) is 47.9 Å². The molecule has 0 bridgehead atoms. The Morgan fingerprint density at radius 3 is 2.67 bits per heavy atom. The van der Waals surface area contributed by atoms with E-state index in [0.29, 0.717) is 12.0 Å². The van der Waals surface area contributed by atoms with Gasteiger partial charge in [0, 0.05) is 12.0 Å². The normalized spacial score (nSPS) is 34.9. The number of hydrogen-bond donors (Lipinski definition) is 2. The van der Waals surface area contributed by atoms with Crippen molar-refractivity contribution in [3.63, 3.8) is 0 Å². The van der Waals surface area contributed by atoms with Gasteiger partial charge in [-0.25, -0.2) is 9.82 Å². The molecule has 18 heavy (non-hydrogen) atoms. The van der Waals surface area contributed by atoms with Crippen molar-refractivity contribution in [1.82, 2.24) is 10.9 Å². The molecule has 1 aromatic rings. The lowest BCUT2D eigenvalue weighted by Gasteiger charge is -2.30. The smallest absolute Gasteiger partial charge is 0.123 e. The van der Waals surface area contributed by atoms with Crippen LogP contribution in [0.3, 0.4) is 0 Å². The Bertz CT molecular complexity index is 465. The second-order valence-corrected chi connectivity index (χ2v) is 5.23. The van der Waals surface area contributed by atoms with Gasteiger partial charge in [0.2, 0.25) is 0 Å². The Morgan fingerprint density at radius 2 is 1.94 bits per heavy atom. The van der Waals surface area contributed by atoms with Gasteiger partial charge < -0.3 is 0 Å². The van der Waals surface area contributed by atoms with E-state index in [4.69, 9.17) is 5.26 Å². The van der Waals surface area contributed by atoms with E-state index in [-0.39, 0.29) is 17.8 Å². The van der Waals surface area contributed by atoms with Crippen LogP contribution in [0.15, 0.2) is 24.3 Å². The zero-order chi connectivity index (χ0) is 12.5. The summed E-state index contributed by atoms with van der Waals surface area (Å²) in [7, 11) is 0. The quantitative estimate of drug-likeness (QED) is 0.798. The predicted molar refractivity (Wildman–Crippen MR) is 65.6 cm³/mol. The molecule has 1 aliphatic heterocycles. The number of fused-ring (bicyclic) bond motifs is 1. The SMILES string of the molecule is N#CC1CCC2NNC(c3ccc(F)cc3)C2C1. The van der Waals surface area contributed by atoms with Gasteiger partial charge >= 0.3 is 0 Å². The van der Waals surface area contributed by atoms with Crippen molar-refractivity contribution in [1.29, 1.82) is 5.26 Å². The third-order valence-corrected chi connectivity index (χ3v) is 4.16. The summed E-state index contributed by atoms with van der Waals surface area (Å²) < 4.78 is 12.9. The molecule has 2 fully saturated rings. The summed E-state index contributed by atoms with van der Waals surface area (Å²) in [5.74, 6) is 0.379. The summed E-state index contributed by atoms with van der Waals surface area (Å²) in [4.78, 5) is 0. The third kappa shape index (κ3) is 2.00. The van der Waals surface area contributed by atoms with Crippen LogP contribution in [0.1, 0.15) is 30.9 Å². The Labute approximate surface area is 106 Å². The number of nitrogens with zero attached hydrogens (tertiary/aromatic N) is 1. The molecule has 3 nitrogen and oxygen atoms in total. The number of hydrogen-bond acceptors (Lipinski definition) is 3. The molecular weight excluding hydrogens is 229 g/mol. The Hall–Kier alpha value is -1.44. The molecule has 1 saturated heterocycles. The number of halogens is 1. The van der Waals surface area contributed by atoms with Crippen LogP contribution in [-0.4, -0.2) is 6.04 Å². The number of rotatable bonds is 1. The molecule has 0 radical (unpaired) electrons. The van der Waals surface area contributed by atoms with Gasteiger partial charge in [-0.3, -0.25) is 5.43 Å². The average molecular weight is 245 g/mol. The number of hydrazine groups is 1. The number of benzene rings is 1. The fourth-order valence-electron chi connectivity index (χ4n) is 3.17. The van der Waals surface area contributed by atoms with Crippen molar-refractivity contribution in [2.75, 3.05) is 0 Å². The van der Waals surface area contributed by atoms with Gasteiger partial charge in [0.25, 0.3) is 0 Å². The lowest BCUT2D eigenvalue weighted by Crippen LogP contribution is -2.34. The number of nitrogens with one attached hydrogen (secondary N) is 2. The lowest BCUT2D eigenvalue weighted by molar-refractivity contribution is 0.267. The molecule has 94 valence electrons. The Kier molecular flexibility index (Phi) is 3.02. The molecule has 2 N–H and O–H groups in total. The van der Waals surface area contributed by atoms with E-state index in [1.54, 1.807) is 0 Å². The molecule has 0 spiro atoms. The molecule has 1 saturated carbocycles. The maximum Gasteiger partial charge on any atom is 0.123 e. The van der Waals surface area contributed by atoms with Crippen LogP contribution >= 0.6 is 0 Å². The highest BCUT2D eigenvalue weighted by molar-refractivity contribution is 5.23. The van der Waals surface area contributed by atoms with Gasteiger partial charge in [-0.2, -0.15) is 5.26 Å². The van der Waals surface area contributed by atoms with Crippen molar-refractivity contribution in [2.45, 2.75) is 31.3 Å². The first-order valence-electron chi connectivity index (χ1n) is 6.44. The maximum absolute atomic E-state index is 12.9. The van der Waals surface area contributed by atoms with Crippen LogP contribution in [0.2, 0.25) is 0 Å².